The van der Waals surface area contributed by atoms with E-state index in [0.717, 1.165) is 36.3 Å². The number of carbonyl (C=O) groups excluding carboxylic acids is 1. The van der Waals surface area contributed by atoms with E-state index in [2.05, 4.69) is 0 Å². The van der Waals surface area contributed by atoms with E-state index in [1.807, 2.05) is 23.1 Å². The first-order chi connectivity index (χ1) is 12.5. The highest BCUT2D eigenvalue weighted by Crippen LogP contribution is 2.35. The van der Waals surface area contributed by atoms with Crippen LogP contribution in [0.2, 0.25) is 0 Å². The summed E-state index contributed by atoms with van der Waals surface area (Å²) in [5.41, 5.74) is 1.03. The zero-order valence-electron chi connectivity index (χ0n) is 14.9. The van der Waals surface area contributed by atoms with Gasteiger partial charge in [-0.2, -0.15) is 0 Å². The van der Waals surface area contributed by atoms with Crippen molar-refractivity contribution in [2.24, 2.45) is 5.92 Å². The minimum Gasteiger partial charge on any atom is -0.486 e. The lowest BCUT2D eigenvalue weighted by Crippen LogP contribution is -2.55. The van der Waals surface area contributed by atoms with Crippen molar-refractivity contribution in [2.75, 3.05) is 31.3 Å². The van der Waals surface area contributed by atoms with Gasteiger partial charge < -0.3 is 14.4 Å². The van der Waals surface area contributed by atoms with Crippen LogP contribution >= 0.6 is 0 Å². The molecule has 26 heavy (non-hydrogen) atoms. The highest BCUT2D eigenvalue weighted by Gasteiger charge is 2.40. The predicted octanol–water partition coefficient (Wildman–Crippen LogP) is 1.82. The van der Waals surface area contributed by atoms with Crippen LogP contribution in [0.15, 0.2) is 18.2 Å². The fourth-order valence-corrected chi connectivity index (χ4v) is 5.61. The van der Waals surface area contributed by atoms with E-state index in [4.69, 9.17) is 9.47 Å². The van der Waals surface area contributed by atoms with Gasteiger partial charge in [-0.15, -0.1) is 0 Å². The molecule has 1 aromatic carbocycles. The topological polar surface area (TPSA) is 72.9 Å². The molecule has 0 spiro atoms. The first-order valence-electron chi connectivity index (χ1n) is 9.40. The summed E-state index contributed by atoms with van der Waals surface area (Å²) in [5, 5.41) is 0. The monoisotopic (exact) mass is 379 g/mol. The Bertz CT molecular complexity index is 787. The molecule has 2 fully saturated rings. The molecule has 1 aliphatic carbocycles. The number of carbonyl (C=O) groups is 1. The molecule has 4 rings (SSSR count). The molecule has 142 valence electrons. The molecule has 1 aromatic rings. The summed E-state index contributed by atoms with van der Waals surface area (Å²) >= 11 is 0. The molecule has 6 nitrogen and oxygen atoms in total. The van der Waals surface area contributed by atoms with E-state index in [0.29, 0.717) is 38.5 Å². The number of sulfone groups is 1. The van der Waals surface area contributed by atoms with Crippen molar-refractivity contribution in [3.8, 4) is 11.5 Å². The Morgan fingerprint density at radius 2 is 1.92 bits per heavy atom. The first kappa shape index (κ1) is 17.6. The van der Waals surface area contributed by atoms with Crippen LogP contribution < -0.4 is 9.47 Å². The molecule has 1 atom stereocenters. The number of benzene rings is 1. The van der Waals surface area contributed by atoms with Gasteiger partial charge in [-0.3, -0.25) is 4.79 Å². The molecule has 7 heteroatoms. The maximum atomic E-state index is 12.8. The van der Waals surface area contributed by atoms with Crippen LogP contribution in [0.5, 0.6) is 11.5 Å². The predicted molar refractivity (Wildman–Crippen MR) is 97.2 cm³/mol. The second kappa shape index (κ2) is 7.10. The summed E-state index contributed by atoms with van der Waals surface area (Å²) in [4.78, 5) is 14.6. The van der Waals surface area contributed by atoms with Gasteiger partial charge in [-0.1, -0.05) is 12.5 Å². The van der Waals surface area contributed by atoms with Gasteiger partial charge in [-0.25, -0.2) is 8.42 Å². The van der Waals surface area contributed by atoms with Crippen LogP contribution in [0.1, 0.15) is 31.2 Å². The van der Waals surface area contributed by atoms with Crippen LogP contribution in [0.4, 0.5) is 0 Å². The van der Waals surface area contributed by atoms with Gasteiger partial charge in [0.15, 0.2) is 21.3 Å². The lowest BCUT2D eigenvalue weighted by Gasteiger charge is -2.43. The van der Waals surface area contributed by atoms with Gasteiger partial charge in [0.1, 0.15) is 13.2 Å². The number of aryl methyl sites for hydroxylation is 1. The number of nitrogens with zero attached hydrogens (tertiary/aromatic N) is 1. The Morgan fingerprint density at radius 3 is 2.65 bits per heavy atom. The Labute approximate surface area is 154 Å². The van der Waals surface area contributed by atoms with E-state index in [1.54, 1.807) is 0 Å². The first-order valence-corrected chi connectivity index (χ1v) is 11.2. The Balaban J connectivity index is 1.40. The molecule has 3 aliphatic rings. The number of rotatable bonds is 4. The minimum atomic E-state index is -3.02. The summed E-state index contributed by atoms with van der Waals surface area (Å²) in [7, 11) is -3.02. The van der Waals surface area contributed by atoms with Gasteiger partial charge in [-0.05, 0) is 42.9 Å². The van der Waals surface area contributed by atoms with Gasteiger partial charge in [0.25, 0.3) is 0 Å². The number of hydrogen-bond acceptors (Lipinski definition) is 5. The fourth-order valence-electron chi connectivity index (χ4n) is 4.00. The third-order valence-electron chi connectivity index (χ3n) is 5.72. The van der Waals surface area contributed by atoms with Crippen molar-refractivity contribution in [3.63, 3.8) is 0 Å². The van der Waals surface area contributed by atoms with Crippen LogP contribution in [-0.4, -0.2) is 56.5 Å². The van der Waals surface area contributed by atoms with Crippen molar-refractivity contribution in [2.45, 2.75) is 38.1 Å². The summed E-state index contributed by atoms with van der Waals surface area (Å²) in [6.07, 6.45) is 4.22. The quantitative estimate of drug-likeness (QED) is 0.798. The van der Waals surface area contributed by atoms with Crippen molar-refractivity contribution >= 4 is 15.7 Å². The van der Waals surface area contributed by atoms with Crippen molar-refractivity contribution in [1.82, 2.24) is 4.90 Å². The van der Waals surface area contributed by atoms with Gasteiger partial charge in [0.05, 0.1) is 11.5 Å². The van der Waals surface area contributed by atoms with E-state index < -0.39 is 9.84 Å². The van der Waals surface area contributed by atoms with Crippen molar-refractivity contribution in [1.29, 1.82) is 0 Å². The molecule has 0 radical (unpaired) electrons. The highest BCUT2D eigenvalue weighted by atomic mass is 32.2. The zero-order chi connectivity index (χ0) is 18.1. The molecule has 0 aromatic heterocycles. The summed E-state index contributed by atoms with van der Waals surface area (Å²) in [6, 6.07) is 5.66. The third-order valence-corrected chi connectivity index (χ3v) is 7.37. The molecular formula is C19H25NO5S. The van der Waals surface area contributed by atoms with Gasteiger partial charge >= 0.3 is 0 Å². The average Bonchev–Trinajstić information content (AvgIpc) is 2.57. The number of ether oxygens (including phenoxy) is 2. The van der Waals surface area contributed by atoms with Crippen LogP contribution in [-0.2, 0) is 21.1 Å². The lowest BCUT2D eigenvalue weighted by atomic mass is 9.79. The molecule has 1 amide bonds. The summed E-state index contributed by atoms with van der Waals surface area (Å²) in [6.45, 7) is 1.44. The minimum absolute atomic E-state index is 0.0617. The Kier molecular flexibility index (Phi) is 4.82. The highest BCUT2D eigenvalue weighted by molar-refractivity contribution is 7.91. The molecule has 0 bridgehead atoms. The SMILES string of the molecule is O=C(CCc1ccc2c(c1)OCCO2)N1CCS(=O)(=O)CC1C1CCC1. The van der Waals surface area contributed by atoms with E-state index >= 15 is 0 Å². The Morgan fingerprint density at radius 1 is 1.15 bits per heavy atom. The Hall–Kier alpha value is -1.76. The molecular weight excluding hydrogens is 354 g/mol. The van der Waals surface area contributed by atoms with Crippen LogP contribution in [0.3, 0.4) is 0 Å². The lowest BCUT2D eigenvalue weighted by molar-refractivity contribution is -0.134. The zero-order valence-corrected chi connectivity index (χ0v) is 15.7. The fraction of sp³-hybridized carbons (Fsp3) is 0.632. The molecule has 0 N–H and O–H groups in total. The van der Waals surface area contributed by atoms with Crippen LogP contribution in [0, 0.1) is 5.92 Å². The average molecular weight is 379 g/mol. The normalized spacial score (nSPS) is 24.8. The molecule has 1 saturated heterocycles. The van der Waals surface area contributed by atoms with Gasteiger partial charge in [0, 0.05) is 19.0 Å². The molecule has 2 aliphatic heterocycles. The van der Waals surface area contributed by atoms with Gasteiger partial charge in [0.2, 0.25) is 5.91 Å². The van der Waals surface area contributed by atoms with E-state index in [9.17, 15) is 13.2 Å². The summed E-state index contributed by atoms with van der Waals surface area (Å²) in [5.74, 6) is 2.12. The van der Waals surface area contributed by atoms with Crippen LogP contribution in [0.25, 0.3) is 0 Å². The standard InChI is InChI=1S/C19H25NO5S/c21-19(7-5-14-4-6-17-18(12-14)25-10-9-24-17)20-8-11-26(22,23)13-16(20)15-2-1-3-15/h4,6,12,15-16H,1-3,5,7-11,13H2. The number of hydrogen-bond donors (Lipinski definition) is 0. The number of fused-ring (bicyclic) bond motifs is 1. The smallest absolute Gasteiger partial charge is 0.223 e. The largest absolute Gasteiger partial charge is 0.486 e. The molecule has 1 saturated carbocycles. The maximum absolute atomic E-state index is 12.8. The second-order valence-corrected chi connectivity index (χ2v) is 9.67. The maximum Gasteiger partial charge on any atom is 0.223 e. The van der Waals surface area contributed by atoms with E-state index in [1.165, 1.54) is 0 Å². The molecule has 1 unspecified atom stereocenters. The van der Waals surface area contributed by atoms with Crippen molar-refractivity contribution < 1.29 is 22.7 Å². The molecule has 2 heterocycles. The van der Waals surface area contributed by atoms with Crippen molar-refractivity contribution in [3.05, 3.63) is 23.8 Å². The number of amides is 1. The second-order valence-electron chi connectivity index (χ2n) is 7.44. The van der Waals surface area contributed by atoms with E-state index in [-0.39, 0.29) is 23.5 Å². The third kappa shape index (κ3) is 3.68. The summed E-state index contributed by atoms with van der Waals surface area (Å²) < 4.78 is 35.2.